The molecule has 1 aromatic rings. The minimum atomic E-state index is 0.805. The van der Waals surface area contributed by atoms with Crippen LogP contribution in [0.2, 0.25) is 0 Å². The second-order valence-corrected chi connectivity index (χ2v) is 7.19. The Morgan fingerprint density at radius 3 is 2.88 bits per heavy atom. The molecule has 1 unspecified atom stereocenters. The Bertz CT molecular complexity index is 359. The third kappa shape index (κ3) is 4.23. The quantitative estimate of drug-likeness (QED) is 0.899. The predicted molar refractivity (Wildman–Crippen MR) is 81.2 cm³/mol. The van der Waals surface area contributed by atoms with Crippen LogP contribution in [0.3, 0.4) is 0 Å². The number of aryl methyl sites for hydroxylation is 2. The summed E-state index contributed by atoms with van der Waals surface area (Å²) in [6.07, 6.45) is 0. The molecule has 0 spiro atoms. The van der Waals surface area contributed by atoms with E-state index in [0.717, 1.165) is 18.3 Å². The zero-order valence-corrected chi connectivity index (χ0v) is 12.3. The molecule has 0 saturated carbocycles. The average molecular weight is 267 g/mol. The number of hydrogen-bond acceptors (Lipinski definition) is 3. The molecular weight excluding hydrogens is 246 g/mol. The molecule has 94 valence electrons. The third-order valence-electron chi connectivity index (χ3n) is 3.07. The van der Waals surface area contributed by atoms with E-state index < -0.39 is 0 Å². The summed E-state index contributed by atoms with van der Waals surface area (Å²) in [6, 6.07) is 6.72. The molecule has 1 saturated heterocycles. The van der Waals surface area contributed by atoms with E-state index >= 15 is 0 Å². The van der Waals surface area contributed by atoms with E-state index in [0.29, 0.717) is 0 Å². The van der Waals surface area contributed by atoms with Gasteiger partial charge in [-0.2, -0.15) is 23.5 Å². The van der Waals surface area contributed by atoms with Crippen LogP contribution in [0.25, 0.3) is 0 Å². The van der Waals surface area contributed by atoms with Crippen molar-refractivity contribution in [3.63, 3.8) is 0 Å². The van der Waals surface area contributed by atoms with Gasteiger partial charge in [-0.15, -0.1) is 0 Å². The van der Waals surface area contributed by atoms with E-state index in [2.05, 4.69) is 60.9 Å². The molecular formula is C14H21NS2. The van der Waals surface area contributed by atoms with Crippen LogP contribution in [0.5, 0.6) is 0 Å². The summed E-state index contributed by atoms with van der Waals surface area (Å²) in [5, 5.41) is 4.40. The second-order valence-electron chi connectivity index (χ2n) is 4.63. The van der Waals surface area contributed by atoms with Crippen LogP contribution in [0.1, 0.15) is 16.7 Å². The first kappa shape index (κ1) is 13.3. The normalized spacial score (nSPS) is 20.5. The fourth-order valence-corrected chi connectivity index (χ4v) is 4.71. The summed E-state index contributed by atoms with van der Waals surface area (Å²) in [6.45, 7) is 6.51. The summed E-state index contributed by atoms with van der Waals surface area (Å²) >= 11 is 4.22. The second kappa shape index (κ2) is 6.72. The molecule has 17 heavy (non-hydrogen) atoms. The standard InChI is InChI=1S/C14H21NS2/c1-11-3-4-13(12(2)7-11)8-15-9-14-10-16-5-6-17-14/h3-4,7,14-15H,5-6,8-10H2,1-2H3. The Morgan fingerprint density at radius 1 is 1.29 bits per heavy atom. The number of hydrogen-bond donors (Lipinski definition) is 1. The van der Waals surface area contributed by atoms with Crippen LogP contribution in [0.4, 0.5) is 0 Å². The molecule has 0 amide bonds. The minimum absolute atomic E-state index is 0.805. The highest BCUT2D eigenvalue weighted by Gasteiger charge is 2.13. The molecule has 1 N–H and O–H groups in total. The Hall–Kier alpha value is -0.120. The summed E-state index contributed by atoms with van der Waals surface area (Å²) in [7, 11) is 0. The fourth-order valence-electron chi connectivity index (χ4n) is 2.07. The van der Waals surface area contributed by atoms with Crippen LogP contribution in [0.15, 0.2) is 18.2 Å². The molecule has 0 radical (unpaired) electrons. The van der Waals surface area contributed by atoms with Gasteiger partial charge in [-0.25, -0.2) is 0 Å². The van der Waals surface area contributed by atoms with Gasteiger partial charge in [0.25, 0.3) is 0 Å². The van der Waals surface area contributed by atoms with E-state index in [-0.39, 0.29) is 0 Å². The lowest BCUT2D eigenvalue weighted by Gasteiger charge is -2.21. The van der Waals surface area contributed by atoms with Gasteiger partial charge in [-0.1, -0.05) is 23.8 Å². The van der Waals surface area contributed by atoms with Gasteiger partial charge in [0.05, 0.1) is 0 Å². The molecule has 1 aromatic carbocycles. The van der Waals surface area contributed by atoms with Crippen LogP contribution < -0.4 is 5.32 Å². The Kier molecular flexibility index (Phi) is 5.26. The molecule has 1 fully saturated rings. The Morgan fingerprint density at radius 2 is 2.18 bits per heavy atom. The lowest BCUT2D eigenvalue weighted by molar-refractivity contribution is 0.684. The van der Waals surface area contributed by atoms with Crippen molar-refractivity contribution >= 4 is 23.5 Å². The molecule has 1 atom stereocenters. The molecule has 0 aliphatic carbocycles. The van der Waals surface area contributed by atoms with Gasteiger partial charge >= 0.3 is 0 Å². The van der Waals surface area contributed by atoms with Crippen molar-refractivity contribution in [2.75, 3.05) is 23.8 Å². The lowest BCUT2D eigenvalue weighted by Crippen LogP contribution is -2.28. The van der Waals surface area contributed by atoms with Crippen molar-refractivity contribution in [2.45, 2.75) is 25.6 Å². The third-order valence-corrected chi connectivity index (χ3v) is 5.92. The van der Waals surface area contributed by atoms with E-state index in [1.165, 1.54) is 33.9 Å². The summed E-state index contributed by atoms with van der Waals surface area (Å²) in [4.78, 5) is 0. The van der Waals surface area contributed by atoms with Crippen molar-refractivity contribution in [1.82, 2.24) is 5.32 Å². The molecule has 1 nitrogen and oxygen atoms in total. The SMILES string of the molecule is Cc1ccc(CNCC2CSCCS2)c(C)c1. The van der Waals surface area contributed by atoms with Crippen molar-refractivity contribution in [2.24, 2.45) is 0 Å². The number of benzene rings is 1. The van der Waals surface area contributed by atoms with E-state index in [9.17, 15) is 0 Å². The van der Waals surface area contributed by atoms with Crippen molar-refractivity contribution < 1.29 is 0 Å². The first-order valence-corrected chi connectivity index (χ1v) is 8.42. The highest BCUT2D eigenvalue weighted by molar-refractivity contribution is 8.06. The maximum absolute atomic E-state index is 3.60. The molecule has 0 aromatic heterocycles. The van der Waals surface area contributed by atoms with Gasteiger partial charge in [0.1, 0.15) is 0 Å². The van der Waals surface area contributed by atoms with Gasteiger partial charge in [-0.05, 0) is 25.0 Å². The van der Waals surface area contributed by atoms with Gasteiger partial charge in [0, 0.05) is 35.6 Å². The Labute approximate surface area is 113 Å². The minimum Gasteiger partial charge on any atom is -0.312 e. The topological polar surface area (TPSA) is 12.0 Å². The lowest BCUT2D eigenvalue weighted by atomic mass is 10.1. The van der Waals surface area contributed by atoms with Crippen molar-refractivity contribution in [3.8, 4) is 0 Å². The maximum atomic E-state index is 3.60. The summed E-state index contributed by atoms with van der Waals surface area (Å²) in [5.74, 6) is 3.96. The number of thioether (sulfide) groups is 2. The van der Waals surface area contributed by atoms with Crippen molar-refractivity contribution in [1.29, 1.82) is 0 Å². The van der Waals surface area contributed by atoms with Gasteiger partial charge in [0.15, 0.2) is 0 Å². The molecule has 1 heterocycles. The predicted octanol–water partition coefficient (Wildman–Crippen LogP) is 3.24. The molecule has 0 bridgehead atoms. The maximum Gasteiger partial charge on any atom is 0.0263 e. The van der Waals surface area contributed by atoms with Gasteiger partial charge in [0.2, 0.25) is 0 Å². The average Bonchev–Trinajstić information content (AvgIpc) is 2.33. The summed E-state index contributed by atoms with van der Waals surface area (Å²) in [5.41, 5.74) is 4.19. The van der Waals surface area contributed by atoms with E-state index in [1.807, 2.05) is 0 Å². The monoisotopic (exact) mass is 267 g/mol. The molecule has 2 rings (SSSR count). The van der Waals surface area contributed by atoms with Crippen LogP contribution in [0, 0.1) is 13.8 Å². The molecule has 1 aliphatic heterocycles. The highest BCUT2D eigenvalue weighted by Crippen LogP contribution is 2.23. The largest absolute Gasteiger partial charge is 0.312 e. The Balaban J connectivity index is 1.77. The van der Waals surface area contributed by atoms with Gasteiger partial charge in [-0.3, -0.25) is 0 Å². The van der Waals surface area contributed by atoms with Gasteiger partial charge < -0.3 is 5.32 Å². The van der Waals surface area contributed by atoms with E-state index in [4.69, 9.17) is 0 Å². The number of nitrogens with one attached hydrogen (secondary N) is 1. The van der Waals surface area contributed by atoms with Crippen LogP contribution >= 0.6 is 23.5 Å². The van der Waals surface area contributed by atoms with E-state index in [1.54, 1.807) is 0 Å². The molecule has 1 aliphatic rings. The fraction of sp³-hybridized carbons (Fsp3) is 0.571. The zero-order chi connectivity index (χ0) is 12.1. The number of rotatable bonds is 4. The first-order chi connectivity index (χ1) is 8.25. The smallest absolute Gasteiger partial charge is 0.0263 e. The zero-order valence-electron chi connectivity index (χ0n) is 10.7. The highest BCUT2D eigenvalue weighted by atomic mass is 32.2. The first-order valence-electron chi connectivity index (χ1n) is 6.22. The molecule has 3 heteroatoms. The summed E-state index contributed by atoms with van der Waals surface area (Å²) < 4.78 is 0. The van der Waals surface area contributed by atoms with Crippen LogP contribution in [-0.4, -0.2) is 29.1 Å². The van der Waals surface area contributed by atoms with Crippen molar-refractivity contribution in [3.05, 3.63) is 34.9 Å². The van der Waals surface area contributed by atoms with Crippen LogP contribution in [-0.2, 0) is 6.54 Å².